The van der Waals surface area contributed by atoms with Gasteiger partial charge in [-0.05, 0) is 43.7 Å². The molecule has 2 aromatic rings. The molecule has 3 heterocycles. The molecule has 6 nitrogen and oxygen atoms in total. The summed E-state index contributed by atoms with van der Waals surface area (Å²) in [5, 5.41) is 12.4. The van der Waals surface area contributed by atoms with Gasteiger partial charge >= 0.3 is 0 Å². The maximum Gasteiger partial charge on any atom is 0.193 e. The summed E-state index contributed by atoms with van der Waals surface area (Å²) in [6.45, 7) is 4.20. The highest BCUT2D eigenvalue weighted by Crippen LogP contribution is 2.25. The number of fused-ring (bicyclic) bond motifs is 1. The van der Waals surface area contributed by atoms with E-state index >= 15 is 0 Å². The van der Waals surface area contributed by atoms with E-state index in [4.69, 9.17) is 0 Å². The van der Waals surface area contributed by atoms with E-state index in [-0.39, 0.29) is 24.0 Å². The van der Waals surface area contributed by atoms with E-state index in [1.165, 1.54) is 42.2 Å². The fraction of sp³-hybridized carbons (Fsp3) is 0.609. The molecule has 2 aliphatic heterocycles. The van der Waals surface area contributed by atoms with E-state index in [9.17, 15) is 0 Å². The van der Waals surface area contributed by atoms with Gasteiger partial charge < -0.3 is 14.8 Å². The summed E-state index contributed by atoms with van der Waals surface area (Å²) in [4.78, 5) is 8.31. The van der Waals surface area contributed by atoms with Crippen molar-refractivity contribution in [1.29, 1.82) is 0 Å². The van der Waals surface area contributed by atoms with Crippen molar-refractivity contribution in [3.8, 4) is 0 Å². The number of rotatable bonds is 7. The fourth-order valence-electron chi connectivity index (χ4n) is 4.40. The second-order valence-corrected chi connectivity index (χ2v) is 9.39. The molecule has 31 heavy (non-hydrogen) atoms. The number of aromatic nitrogens is 3. The summed E-state index contributed by atoms with van der Waals surface area (Å²) in [6.07, 6.45) is 8.16. The quantitative estimate of drug-likeness (QED) is 0.183. The van der Waals surface area contributed by atoms with Gasteiger partial charge in [0.05, 0.1) is 0 Å². The lowest BCUT2D eigenvalue weighted by molar-refractivity contribution is 0.473. The number of benzene rings is 1. The molecule has 0 aliphatic carbocycles. The van der Waals surface area contributed by atoms with Crippen LogP contribution in [0.3, 0.4) is 0 Å². The third-order valence-electron chi connectivity index (χ3n) is 6.07. The number of nitrogens with one attached hydrogen (secondary N) is 1. The Morgan fingerprint density at radius 3 is 2.87 bits per heavy atom. The molecular formula is C23H35IN6S. The number of hydrogen-bond acceptors (Lipinski definition) is 4. The molecule has 0 bridgehead atoms. The first-order valence-electron chi connectivity index (χ1n) is 11.4. The summed E-state index contributed by atoms with van der Waals surface area (Å²) in [5.41, 5.74) is 0. The van der Waals surface area contributed by atoms with Crippen LogP contribution >= 0.6 is 35.7 Å². The minimum Gasteiger partial charge on any atom is -0.356 e. The highest BCUT2D eigenvalue weighted by atomic mass is 127. The Morgan fingerprint density at radius 2 is 2.03 bits per heavy atom. The first-order valence-corrected chi connectivity index (χ1v) is 12.4. The fourth-order valence-corrected chi connectivity index (χ4v) is 5.45. The first-order chi connectivity index (χ1) is 14.8. The molecule has 4 rings (SSSR count). The molecule has 170 valence electrons. The van der Waals surface area contributed by atoms with Crippen LogP contribution in [0.4, 0.5) is 0 Å². The van der Waals surface area contributed by atoms with Crippen molar-refractivity contribution >= 4 is 41.7 Å². The Bertz CT molecular complexity index is 825. The van der Waals surface area contributed by atoms with Crippen LogP contribution in [0.2, 0.25) is 0 Å². The Kier molecular flexibility index (Phi) is 9.95. The average molecular weight is 555 g/mol. The predicted molar refractivity (Wildman–Crippen MR) is 140 cm³/mol. The minimum atomic E-state index is 0. The van der Waals surface area contributed by atoms with Gasteiger partial charge in [0.25, 0.3) is 0 Å². The smallest absolute Gasteiger partial charge is 0.193 e. The molecule has 1 unspecified atom stereocenters. The van der Waals surface area contributed by atoms with Gasteiger partial charge in [0.2, 0.25) is 0 Å². The normalized spacial score (nSPS) is 18.9. The maximum atomic E-state index is 4.53. The molecule has 0 spiro atoms. The van der Waals surface area contributed by atoms with Gasteiger partial charge in [-0.3, -0.25) is 4.99 Å². The third kappa shape index (κ3) is 6.84. The highest BCUT2D eigenvalue weighted by molar-refractivity contribution is 14.0. The molecule has 1 aromatic carbocycles. The van der Waals surface area contributed by atoms with Crippen LogP contribution in [0.25, 0.3) is 0 Å². The highest BCUT2D eigenvalue weighted by Gasteiger charge is 2.24. The largest absolute Gasteiger partial charge is 0.356 e. The van der Waals surface area contributed by atoms with Crippen LogP contribution < -0.4 is 5.32 Å². The predicted octanol–water partition coefficient (Wildman–Crippen LogP) is 4.24. The Morgan fingerprint density at radius 1 is 1.16 bits per heavy atom. The zero-order valence-electron chi connectivity index (χ0n) is 18.5. The number of likely N-dealkylation sites (tertiary alicyclic amines) is 1. The topological polar surface area (TPSA) is 58.3 Å². The maximum absolute atomic E-state index is 4.53. The molecule has 1 aromatic heterocycles. The number of nitrogens with zero attached hydrogens (tertiary/aromatic N) is 5. The van der Waals surface area contributed by atoms with Crippen LogP contribution in [-0.2, 0) is 19.4 Å². The van der Waals surface area contributed by atoms with Gasteiger partial charge in [0.15, 0.2) is 5.96 Å². The van der Waals surface area contributed by atoms with Crippen LogP contribution in [0.15, 0.2) is 40.2 Å². The van der Waals surface area contributed by atoms with Gasteiger partial charge in [-0.2, -0.15) is 0 Å². The molecule has 0 saturated carbocycles. The van der Waals surface area contributed by atoms with E-state index < -0.39 is 0 Å². The molecule has 1 N–H and O–H groups in total. The number of aliphatic imine (C=N–C) groups is 1. The molecule has 2 aliphatic rings. The standard InChI is InChI=1S/C23H34N6S.HI/c1-24-23(28-16-13-19(17-28)18-30-20-9-4-2-5-10-20)25-14-8-12-22-27-26-21-11-6-3-7-15-29(21)22;/h2,4-5,9-10,19H,3,6-8,11-18H2,1H3,(H,24,25);1H. The molecular weight excluding hydrogens is 519 g/mol. The van der Waals surface area contributed by atoms with Crippen molar-refractivity contribution in [1.82, 2.24) is 25.0 Å². The van der Waals surface area contributed by atoms with Crippen LogP contribution in [0.5, 0.6) is 0 Å². The monoisotopic (exact) mass is 554 g/mol. The Balaban J connectivity index is 0.00000272. The lowest BCUT2D eigenvalue weighted by Gasteiger charge is -2.21. The van der Waals surface area contributed by atoms with Crippen LogP contribution in [0, 0.1) is 5.92 Å². The Hall–Kier alpha value is -1.29. The number of hydrogen-bond donors (Lipinski definition) is 1. The van der Waals surface area contributed by atoms with Crippen molar-refractivity contribution in [2.24, 2.45) is 10.9 Å². The van der Waals surface area contributed by atoms with E-state index in [2.05, 4.69) is 60.3 Å². The second-order valence-electron chi connectivity index (χ2n) is 8.30. The van der Waals surface area contributed by atoms with Crippen molar-refractivity contribution in [3.05, 3.63) is 42.0 Å². The van der Waals surface area contributed by atoms with Crippen LogP contribution in [0.1, 0.15) is 43.8 Å². The number of halogens is 1. The van der Waals surface area contributed by atoms with Gasteiger partial charge in [0.1, 0.15) is 11.6 Å². The summed E-state index contributed by atoms with van der Waals surface area (Å²) in [6, 6.07) is 10.7. The number of guanidine groups is 1. The third-order valence-corrected chi connectivity index (χ3v) is 7.32. The Labute approximate surface area is 207 Å². The van der Waals surface area contributed by atoms with Gasteiger partial charge in [-0.1, -0.05) is 24.6 Å². The van der Waals surface area contributed by atoms with E-state index in [1.54, 1.807) is 0 Å². The summed E-state index contributed by atoms with van der Waals surface area (Å²) in [7, 11) is 1.90. The van der Waals surface area contributed by atoms with Gasteiger partial charge in [-0.25, -0.2) is 0 Å². The van der Waals surface area contributed by atoms with E-state index in [1.807, 2.05) is 18.8 Å². The summed E-state index contributed by atoms with van der Waals surface area (Å²) in [5.74, 6) is 5.28. The van der Waals surface area contributed by atoms with Crippen molar-refractivity contribution in [2.75, 3.05) is 32.4 Å². The summed E-state index contributed by atoms with van der Waals surface area (Å²) < 4.78 is 2.36. The lowest BCUT2D eigenvalue weighted by Crippen LogP contribution is -2.40. The van der Waals surface area contributed by atoms with Crippen molar-refractivity contribution < 1.29 is 0 Å². The van der Waals surface area contributed by atoms with Gasteiger partial charge in [0, 0.05) is 56.7 Å². The SMILES string of the molecule is CN=C(NCCCc1nnc2n1CCCCC2)N1CCC(CSc2ccccc2)C1.I. The first kappa shape index (κ1) is 24.4. The number of thioether (sulfide) groups is 1. The lowest BCUT2D eigenvalue weighted by atomic mass is 10.2. The molecule has 0 amide bonds. The van der Waals surface area contributed by atoms with Crippen molar-refractivity contribution in [3.63, 3.8) is 0 Å². The molecule has 0 radical (unpaired) electrons. The van der Waals surface area contributed by atoms with Crippen molar-refractivity contribution in [2.45, 2.75) is 56.4 Å². The van der Waals surface area contributed by atoms with Crippen LogP contribution in [-0.4, -0.2) is 58.1 Å². The average Bonchev–Trinajstić information content (AvgIpc) is 3.33. The molecule has 1 atom stereocenters. The van der Waals surface area contributed by atoms with E-state index in [0.717, 1.165) is 63.1 Å². The summed E-state index contributed by atoms with van der Waals surface area (Å²) >= 11 is 1.97. The minimum absolute atomic E-state index is 0. The molecule has 1 fully saturated rings. The zero-order chi connectivity index (χ0) is 20.6. The van der Waals surface area contributed by atoms with E-state index in [0.29, 0.717) is 0 Å². The zero-order valence-corrected chi connectivity index (χ0v) is 21.6. The molecule has 1 saturated heterocycles. The molecule has 8 heteroatoms. The second kappa shape index (κ2) is 12.7. The number of aryl methyl sites for hydroxylation is 2. The van der Waals surface area contributed by atoms with Gasteiger partial charge in [-0.15, -0.1) is 45.9 Å².